The molecule has 0 aliphatic rings. The lowest BCUT2D eigenvalue weighted by Crippen LogP contribution is -2.09. The molecule has 0 aliphatic carbocycles. The predicted molar refractivity (Wildman–Crippen MR) is 328 cm³/mol. The number of rotatable bonds is 14. The molecule has 10 nitrogen and oxygen atoms in total. The standard InChI is InChI=1S/C72H48N8O2/c1-5-15-55(16-6-1)69-75-77-71(81-69)57-37-45-63(46-38-57)79(59-19-9-3-10-20-59)61-41-33-51(34-42-61)49-25-29-53(30-26-49)67-68(74-66-24-14-13-23-65(66)73-67)54-31-27-50(28-32-54)52-35-43-62(44-36-52)80(60-21-11-4-12-22-60)64-47-39-58(40-48-64)72-78-76-70(82-72)56-17-7-2-8-18-56/h1-48H. The van der Waals surface area contributed by atoms with E-state index in [2.05, 4.69) is 200 Å². The first kappa shape index (κ1) is 49.0. The lowest BCUT2D eigenvalue weighted by molar-refractivity contribution is 0.584. The Morgan fingerprint density at radius 3 is 0.720 bits per heavy atom. The summed E-state index contributed by atoms with van der Waals surface area (Å²) in [6.45, 7) is 0. The van der Waals surface area contributed by atoms with E-state index in [4.69, 9.17) is 18.8 Å². The molecule has 10 heteroatoms. The summed E-state index contributed by atoms with van der Waals surface area (Å²) in [5, 5.41) is 17.3. The van der Waals surface area contributed by atoms with Gasteiger partial charge in [-0.3, -0.25) is 0 Å². The van der Waals surface area contributed by atoms with Gasteiger partial charge in [-0.1, -0.05) is 158 Å². The van der Waals surface area contributed by atoms with Gasteiger partial charge < -0.3 is 18.6 Å². The highest BCUT2D eigenvalue weighted by atomic mass is 16.4. The molecule has 0 atom stereocenters. The third-order valence-electron chi connectivity index (χ3n) is 14.5. The van der Waals surface area contributed by atoms with E-state index in [1.165, 1.54) is 0 Å². The Hall–Kier alpha value is -11.4. The maximum Gasteiger partial charge on any atom is 0.248 e. The van der Waals surface area contributed by atoms with Gasteiger partial charge in [0.05, 0.1) is 22.4 Å². The van der Waals surface area contributed by atoms with Crippen molar-refractivity contribution in [2.45, 2.75) is 0 Å². The molecule has 0 spiro atoms. The van der Waals surface area contributed by atoms with Crippen molar-refractivity contribution in [2.75, 3.05) is 9.80 Å². The van der Waals surface area contributed by atoms with E-state index in [-0.39, 0.29) is 0 Å². The molecule has 0 saturated carbocycles. The lowest BCUT2D eigenvalue weighted by Gasteiger charge is -2.25. The van der Waals surface area contributed by atoms with Crippen LogP contribution in [0.1, 0.15) is 0 Å². The summed E-state index contributed by atoms with van der Waals surface area (Å²) in [5.41, 5.74) is 19.2. The SMILES string of the molecule is c1ccc(-c2nnc(-c3ccc(N(c4ccccc4)c4ccc(-c5ccc(-c6nc7ccccc7nc6-c6ccc(-c7ccc(N(c8ccccc8)c8ccc(-c9nnc(-c%10ccccc%10)o9)cc8)cc7)cc6)cc5)cc4)cc3)o2)cc1. The number of hydrogen-bond acceptors (Lipinski definition) is 10. The van der Waals surface area contributed by atoms with Crippen LogP contribution in [-0.2, 0) is 0 Å². The van der Waals surface area contributed by atoms with Crippen molar-refractivity contribution >= 4 is 45.2 Å². The van der Waals surface area contributed by atoms with Gasteiger partial charge >= 0.3 is 0 Å². The van der Waals surface area contributed by atoms with Crippen molar-refractivity contribution in [1.29, 1.82) is 0 Å². The zero-order chi connectivity index (χ0) is 54.6. The van der Waals surface area contributed by atoms with Crippen LogP contribution in [0.4, 0.5) is 34.1 Å². The highest BCUT2D eigenvalue weighted by molar-refractivity contribution is 5.88. The van der Waals surface area contributed by atoms with Gasteiger partial charge in [0.25, 0.3) is 0 Å². The van der Waals surface area contributed by atoms with E-state index in [9.17, 15) is 0 Å². The second-order valence-electron chi connectivity index (χ2n) is 19.7. The van der Waals surface area contributed by atoms with Crippen LogP contribution in [0.25, 0.3) is 102 Å². The molecule has 14 rings (SSSR count). The molecule has 11 aromatic carbocycles. The third-order valence-corrected chi connectivity index (χ3v) is 14.5. The highest BCUT2D eigenvalue weighted by Gasteiger charge is 2.19. The van der Waals surface area contributed by atoms with Crippen LogP contribution in [0.2, 0.25) is 0 Å². The quantitative estimate of drug-likeness (QED) is 0.104. The van der Waals surface area contributed by atoms with Gasteiger partial charge in [-0.25, -0.2) is 9.97 Å². The molecule has 0 unspecified atom stereocenters. The van der Waals surface area contributed by atoms with Gasteiger partial charge in [0.1, 0.15) is 0 Å². The number of aromatic nitrogens is 6. The molecule has 82 heavy (non-hydrogen) atoms. The van der Waals surface area contributed by atoms with Gasteiger partial charge in [-0.05, 0) is 156 Å². The molecule has 0 radical (unpaired) electrons. The molecule has 0 fully saturated rings. The molecule has 388 valence electrons. The Kier molecular flexibility index (Phi) is 13.0. The Morgan fingerprint density at radius 2 is 0.415 bits per heavy atom. The number of para-hydroxylation sites is 4. The van der Waals surface area contributed by atoms with Crippen molar-refractivity contribution in [2.24, 2.45) is 0 Å². The zero-order valence-electron chi connectivity index (χ0n) is 44.1. The number of fused-ring (bicyclic) bond motifs is 1. The van der Waals surface area contributed by atoms with Crippen LogP contribution < -0.4 is 9.80 Å². The Bertz CT molecular complexity index is 4150. The molecular formula is C72H48N8O2. The highest BCUT2D eigenvalue weighted by Crippen LogP contribution is 2.40. The fraction of sp³-hybridized carbons (Fsp3) is 0. The van der Waals surface area contributed by atoms with Crippen LogP contribution in [0, 0.1) is 0 Å². The minimum absolute atomic E-state index is 0.470. The predicted octanol–water partition coefficient (Wildman–Crippen LogP) is 18.7. The lowest BCUT2D eigenvalue weighted by atomic mass is 9.98. The summed E-state index contributed by atoms with van der Waals surface area (Å²) in [6.07, 6.45) is 0. The molecule has 0 N–H and O–H groups in total. The van der Waals surface area contributed by atoms with Crippen LogP contribution in [0.15, 0.2) is 300 Å². The summed E-state index contributed by atoms with van der Waals surface area (Å²) in [4.78, 5) is 15.0. The topological polar surface area (TPSA) is 110 Å². The third kappa shape index (κ3) is 9.95. The molecule has 0 amide bonds. The number of anilines is 6. The fourth-order valence-electron chi connectivity index (χ4n) is 10.3. The van der Waals surface area contributed by atoms with Crippen LogP contribution in [0.3, 0.4) is 0 Å². The molecule has 3 heterocycles. The first-order valence-corrected chi connectivity index (χ1v) is 27.0. The number of nitrogens with zero attached hydrogens (tertiary/aromatic N) is 8. The largest absolute Gasteiger partial charge is 0.416 e. The van der Waals surface area contributed by atoms with E-state index >= 15 is 0 Å². The molecule has 0 aliphatic heterocycles. The Labute approximate surface area is 473 Å². The summed E-state index contributed by atoms with van der Waals surface area (Å²) in [5.74, 6) is 1.92. The van der Waals surface area contributed by atoms with E-state index in [1.807, 2.05) is 121 Å². The van der Waals surface area contributed by atoms with E-state index in [0.29, 0.717) is 23.6 Å². The monoisotopic (exact) mass is 1060 g/mol. The van der Waals surface area contributed by atoms with Gasteiger partial charge in [0.15, 0.2) is 0 Å². The normalized spacial score (nSPS) is 11.2. The number of benzene rings is 11. The second-order valence-corrected chi connectivity index (χ2v) is 19.7. The molecule has 14 aromatic rings. The number of hydrogen-bond donors (Lipinski definition) is 0. The maximum atomic E-state index is 6.07. The van der Waals surface area contributed by atoms with Crippen molar-refractivity contribution in [1.82, 2.24) is 30.4 Å². The first-order chi connectivity index (χ1) is 40.6. The van der Waals surface area contributed by atoms with Gasteiger partial charge in [0, 0.05) is 67.5 Å². The Balaban J connectivity index is 0.706. The minimum atomic E-state index is 0.470. The average Bonchev–Trinajstić information content (AvgIpc) is 4.31. The van der Waals surface area contributed by atoms with E-state index in [1.54, 1.807) is 0 Å². The first-order valence-electron chi connectivity index (χ1n) is 27.0. The zero-order valence-corrected chi connectivity index (χ0v) is 44.1. The molecule has 0 saturated heterocycles. The van der Waals surface area contributed by atoms with Crippen LogP contribution >= 0.6 is 0 Å². The van der Waals surface area contributed by atoms with Crippen LogP contribution in [-0.4, -0.2) is 30.4 Å². The smallest absolute Gasteiger partial charge is 0.248 e. The summed E-state index contributed by atoms with van der Waals surface area (Å²) in [7, 11) is 0. The van der Waals surface area contributed by atoms with Gasteiger partial charge in [-0.2, -0.15) is 0 Å². The fourth-order valence-corrected chi connectivity index (χ4v) is 10.3. The molecule has 0 bridgehead atoms. The summed E-state index contributed by atoms with van der Waals surface area (Å²) < 4.78 is 12.1. The second kappa shape index (κ2) is 21.8. The van der Waals surface area contributed by atoms with Crippen molar-refractivity contribution < 1.29 is 8.83 Å². The van der Waals surface area contributed by atoms with Crippen molar-refractivity contribution in [3.05, 3.63) is 291 Å². The average molecular weight is 1060 g/mol. The minimum Gasteiger partial charge on any atom is -0.416 e. The molecular weight excluding hydrogens is 1010 g/mol. The Morgan fingerprint density at radius 1 is 0.195 bits per heavy atom. The summed E-state index contributed by atoms with van der Waals surface area (Å²) >= 11 is 0. The summed E-state index contributed by atoms with van der Waals surface area (Å²) in [6, 6.07) is 99.4. The van der Waals surface area contributed by atoms with Crippen molar-refractivity contribution in [3.8, 4) is 90.6 Å². The van der Waals surface area contributed by atoms with E-state index < -0.39 is 0 Å². The molecule has 3 aromatic heterocycles. The van der Waals surface area contributed by atoms with Crippen LogP contribution in [0.5, 0.6) is 0 Å². The maximum absolute atomic E-state index is 6.07. The van der Waals surface area contributed by atoms with Crippen molar-refractivity contribution in [3.63, 3.8) is 0 Å². The van der Waals surface area contributed by atoms with E-state index in [0.717, 1.165) is 112 Å². The van der Waals surface area contributed by atoms with Gasteiger partial charge in [-0.15, -0.1) is 20.4 Å². The van der Waals surface area contributed by atoms with Gasteiger partial charge in [0.2, 0.25) is 23.6 Å².